The molecule has 0 heterocycles. The largest absolute Gasteiger partial charge is 0.228 e. The highest BCUT2D eigenvalue weighted by Gasteiger charge is 2.35. The molecular formula is C15H20BrClO2S. The zero-order valence-electron chi connectivity index (χ0n) is 11.4. The first-order valence-electron chi connectivity index (χ1n) is 6.96. The zero-order chi connectivity index (χ0) is 14.6. The van der Waals surface area contributed by atoms with Crippen molar-refractivity contribution in [3.8, 4) is 0 Å². The summed E-state index contributed by atoms with van der Waals surface area (Å²) in [4.78, 5) is 0. The highest BCUT2D eigenvalue weighted by atomic mass is 79.9. The summed E-state index contributed by atoms with van der Waals surface area (Å²) in [5.74, 6) is 0.396. The second-order valence-corrected chi connectivity index (χ2v) is 8.91. The summed E-state index contributed by atoms with van der Waals surface area (Å²) in [5.41, 5.74) is 0.749. The standard InChI is InChI=1S/C15H20BrClO2S/c16-11-15(8-2-1-3-9-15)12-20(18,19)10-13-4-6-14(17)7-5-13/h4-7H,1-3,8-12H2. The fourth-order valence-corrected chi connectivity index (χ4v) is 6.24. The van der Waals surface area contributed by atoms with Gasteiger partial charge in [0.25, 0.3) is 0 Å². The smallest absolute Gasteiger partial charge is 0.155 e. The average Bonchev–Trinajstić information content (AvgIpc) is 2.41. The molecule has 0 aliphatic heterocycles. The van der Waals surface area contributed by atoms with Gasteiger partial charge < -0.3 is 0 Å². The number of rotatable bonds is 5. The molecule has 2 rings (SSSR count). The number of sulfone groups is 1. The van der Waals surface area contributed by atoms with Crippen molar-refractivity contribution >= 4 is 37.4 Å². The second-order valence-electron chi connectivity index (χ2n) is 5.85. The maximum Gasteiger partial charge on any atom is 0.155 e. The van der Waals surface area contributed by atoms with Gasteiger partial charge >= 0.3 is 0 Å². The van der Waals surface area contributed by atoms with Crippen molar-refractivity contribution in [3.05, 3.63) is 34.9 Å². The van der Waals surface area contributed by atoms with Crippen LogP contribution in [0.3, 0.4) is 0 Å². The van der Waals surface area contributed by atoms with Crippen LogP contribution < -0.4 is 0 Å². The quantitative estimate of drug-likeness (QED) is 0.701. The van der Waals surface area contributed by atoms with Gasteiger partial charge in [0.05, 0.1) is 11.5 Å². The van der Waals surface area contributed by atoms with E-state index in [4.69, 9.17) is 11.6 Å². The lowest BCUT2D eigenvalue weighted by Crippen LogP contribution is -2.34. The Hall–Kier alpha value is -0.0600. The number of alkyl halides is 1. The Kier molecular flexibility index (Phi) is 5.55. The summed E-state index contributed by atoms with van der Waals surface area (Å²) in [6, 6.07) is 7.07. The predicted octanol–water partition coefficient (Wildman–Crippen LogP) is 4.60. The maximum absolute atomic E-state index is 12.5. The zero-order valence-corrected chi connectivity index (χ0v) is 14.6. The lowest BCUT2D eigenvalue weighted by Gasteiger charge is -2.35. The maximum atomic E-state index is 12.5. The lowest BCUT2D eigenvalue weighted by molar-refractivity contribution is 0.256. The molecule has 20 heavy (non-hydrogen) atoms. The third kappa shape index (κ3) is 4.47. The normalized spacial score (nSPS) is 18.9. The van der Waals surface area contributed by atoms with Crippen LogP contribution >= 0.6 is 27.5 Å². The van der Waals surface area contributed by atoms with E-state index in [1.54, 1.807) is 24.3 Å². The summed E-state index contributed by atoms with van der Waals surface area (Å²) < 4.78 is 24.9. The molecule has 1 fully saturated rings. The minimum Gasteiger partial charge on any atom is -0.228 e. The van der Waals surface area contributed by atoms with Crippen molar-refractivity contribution in [1.82, 2.24) is 0 Å². The molecule has 0 saturated heterocycles. The number of halogens is 2. The van der Waals surface area contributed by atoms with Gasteiger partial charge in [-0.15, -0.1) is 0 Å². The van der Waals surface area contributed by atoms with Gasteiger partial charge in [0, 0.05) is 10.4 Å². The van der Waals surface area contributed by atoms with E-state index in [1.165, 1.54) is 6.42 Å². The molecule has 0 atom stereocenters. The third-order valence-corrected chi connectivity index (χ3v) is 7.29. The SMILES string of the molecule is O=S(=O)(Cc1ccc(Cl)cc1)CC1(CBr)CCCCC1. The summed E-state index contributed by atoms with van der Waals surface area (Å²) in [5, 5.41) is 1.41. The number of hydrogen-bond donors (Lipinski definition) is 0. The minimum atomic E-state index is -3.09. The second kappa shape index (κ2) is 6.80. The van der Waals surface area contributed by atoms with Crippen molar-refractivity contribution in [2.45, 2.75) is 37.9 Å². The highest BCUT2D eigenvalue weighted by molar-refractivity contribution is 9.09. The van der Waals surface area contributed by atoms with E-state index in [0.717, 1.165) is 36.6 Å². The van der Waals surface area contributed by atoms with E-state index in [9.17, 15) is 8.42 Å². The van der Waals surface area contributed by atoms with Gasteiger partial charge in [0.15, 0.2) is 9.84 Å². The van der Waals surface area contributed by atoms with Gasteiger partial charge in [-0.2, -0.15) is 0 Å². The molecule has 0 N–H and O–H groups in total. The van der Waals surface area contributed by atoms with Gasteiger partial charge in [0.1, 0.15) is 0 Å². The van der Waals surface area contributed by atoms with E-state index in [-0.39, 0.29) is 16.9 Å². The molecule has 0 radical (unpaired) electrons. The Morgan fingerprint density at radius 2 is 1.70 bits per heavy atom. The van der Waals surface area contributed by atoms with Crippen molar-refractivity contribution in [2.75, 3.05) is 11.1 Å². The first-order chi connectivity index (χ1) is 9.45. The third-order valence-electron chi connectivity index (χ3n) is 4.02. The molecule has 1 aliphatic carbocycles. The molecule has 2 nitrogen and oxygen atoms in total. The molecule has 0 aromatic heterocycles. The molecule has 0 bridgehead atoms. The van der Waals surface area contributed by atoms with E-state index < -0.39 is 9.84 Å². The van der Waals surface area contributed by atoms with Crippen LogP contribution in [-0.4, -0.2) is 19.5 Å². The molecular weight excluding hydrogens is 360 g/mol. The van der Waals surface area contributed by atoms with Crippen LogP contribution in [0.4, 0.5) is 0 Å². The van der Waals surface area contributed by atoms with E-state index in [0.29, 0.717) is 5.02 Å². The molecule has 0 spiro atoms. The number of hydrogen-bond acceptors (Lipinski definition) is 2. The van der Waals surface area contributed by atoms with Crippen LogP contribution in [0.25, 0.3) is 0 Å². The monoisotopic (exact) mass is 378 g/mol. The summed E-state index contributed by atoms with van der Waals surface area (Å²) in [6.07, 6.45) is 5.53. The first kappa shape index (κ1) is 16.3. The van der Waals surface area contributed by atoms with E-state index in [2.05, 4.69) is 15.9 Å². The summed E-state index contributed by atoms with van der Waals surface area (Å²) in [7, 11) is -3.09. The molecule has 5 heteroatoms. The van der Waals surface area contributed by atoms with Gasteiger partial charge in [0.2, 0.25) is 0 Å². The fourth-order valence-electron chi connectivity index (χ4n) is 2.97. The Bertz CT molecular complexity index is 533. The molecule has 1 aromatic carbocycles. The van der Waals surface area contributed by atoms with Gasteiger partial charge in [-0.1, -0.05) is 58.9 Å². The topological polar surface area (TPSA) is 34.1 Å². The Balaban J connectivity index is 2.08. The van der Waals surface area contributed by atoms with Crippen LogP contribution in [0.15, 0.2) is 24.3 Å². The predicted molar refractivity (Wildman–Crippen MR) is 88.3 cm³/mol. The molecule has 1 aliphatic rings. The Morgan fingerprint density at radius 3 is 2.25 bits per heavy atom. The van der Waals surface area contributed by atoms with Crippen LogP contribution in [0.1, 0.15) is 37.7 Å². The van der Waals surface area contributed by atoms with Crippen LogP contribution in [-0.2, 0) is 15.6 Å². The summed E-state index contributed by atoms with van der Waals surface area (Å²) in [6.45, 7) is 0. The van der Waals surface area contributed by atoms with Crippen LogP contribution in [0.2, 0.25) is 5.02 Å². The van der Waals surface area contributed by atoms with E-state index >= 15 is 0 Å². The minimum absolute atomic E-state index is 0.0660. The highest BCUT2D eigenvalue weighted by Crippen LogP contribution is 2.39. The van der Waals surface area contributed by atoms with Crippen molar-refractivity contribution < 1.29 is 8.42 Å². The molecule has 0 unspecified atom stereocenters. The molecule has 0 amide bonds. The molecule has 1 aromatic rings. The van der Waals surface area contributed by atoms with Crippen molar-refractivity contribution in [3.63, 3.8) is 0 Å². The fraction of sp³-hybridized carbons (Fsp3) is 0.600. The van der Waals surface area contributed by atoms with Gasteiger partial charge in [-0.25, -0.2) is 8.42 Å². The van der Waals surface area contributed by atoms with Crippen LogP contribution in [0.5, 0.6) is 0 Å². The van der Waals surface area contributed by atoms with Crippen molar-refractivity contribution in [2.24, 2.45) is 5.41 Å². The van der Waals surface area contributed by atoms with Gasteiger partial charge in [-0.05, 0) is 36.0 Å². The Morgan fingerprint density at radius 1 is 1.10 bits per heavy atom. The molecule has 112 valence electrons. The molecule has 1 saturated carbocycles. The van der Waals surface area contributed by atoms with Crippen molar-refractivity contribution in [1.29, 1.82) is 0 Å². The Labute approximate surface area is 135 Å². The summed E-state index contributed by atoms with van der Waals surface area (Å²) >= 11 is 9.36. The average molecular weight is 380 g/mol. The lowest BCUT2D eigenvalue weighted by atomic mass is 9.77. The van der Waals surface area contributed by atoms with Gasteiger partial charge in [-0.3, -0.25) is 0 Å². The van der Waals surface area contributed by atoms with E-state index in [1.807, 2.05) is 0 Å². The number of benzene rings is 1. The first-order valence-corrected chi connectivity index (χ1v) is 10.3. The van der Waals surface area contributed by atoms with Crippen LogP contribution in [0, 0.1) is 5.41 Å².